The zero-order chi connectivity index (χ0) is 10.4. The number of rotatable bonds is 3. The van der Waals surface area contributed by atoms with E-state index < -0.39 is 5.91 Å². The van der Waals surface area contributed by atoms with E-state index in [1.807, 2.05) is 12.1 Å². The van der Waals surface area contributed by atoms with Crippen molar-refractivity contribution in [2.45, 2.75) is 6.42 Å². The Morgan fingerprint density at radius 2 is 2.21 bits per heavy atom. The van der Waals surface area contributed by atoms with Crippen LogP contribution in [0.3, 0.4) is 0 Å². The van der Waals surface area contributed by atoms with Crippen molar-refractivity contribution in [2.75, 3.05) is 13.6 Å². The molecule has 4 nitrogen and oxygen atoms in total. The molecule has 0 aliphatic heterocycles. The predicted molar refractivity (Wildman–Crippen MR) is 51.2 cm³/mol. The number of hydrogen-bond donors (Lipinski definition) is 0. The number of nitrogens with zero attached hydrogens (tertiary/aromatic N) is 3. The van der Waals surface area contributed by atoms with Crippen LogP contribution >= 0.6 is 0 Å². The lowest BCUT2D eigenvalue weighted by Crippen LogP contribution is -2.27. The lowest BCUT2D eigenvalue weighted by Gasteiger charge is -2.12. The van der Waals surface area contributed by atoms with Gasteiger partial charge < -0.3 is 4.90 Å². The smallest absolute Gasteiger partial charge is 0.324 e. The first-order valence-corrected chi connectivity index (χ1v) is 4.28. The number of amides is 1. The van der Waals surface area contributed by atoms with Crippen LogP contribution in [0, 0.1) is 11.3 Å². The van der Waals surface area contributed by atoms with Gasteiger partial charge in [0.15, 0.2) is 6.07 Å². The highest BCUT2D eigenvalue weighted by Gasteiger charge is 2.05. The van der Waals surface area contributed by atoms with Crippen LogP contribution in [0.5, 0.6) is 0 Å². The standard InChI is InChI=1S/C10H11N3O/c1-13(10(14)8-11)7-4-9-2-5-12-6-3-9/h2-3,5-6H,4,7H2,1H3. The number of likely N-dealkylation sites (N-methyl/N-ethyl adjacent to an activating group) is 1. The minimum Gasteiger partial charge on any atom is -0.333 e. The van der Waals surface area contributed by atoms with E-state index in [9.17, 15) is 4.79 Å². The van der Waals surface area contributed by atoms with Crippen LogP contribution in [-0.2, 0) is 11.2 Å². The van der Waals surface area contributed by atoms with E-state index in [-0.39, 0.29) is 0 Å². The molecule has 0 bridgehead atoms. The summed E-state index contributed by atoms with van der Waals surface area (Å²) in [6.07, 6.45) is 4.16. The van der Waals surface area contributed by atoms with Gasteiger partial charge >= 0.3 is 5.91 Å². The Morgan fingerprint density at radius 1 is 1.57 bits per heavy atom. The lowest BCUT2D eigenvalue weighted by atomic mass is 10.2. The second kappa shape index (κ2) is 4.97. The molecule has 0 unspecified atom stereocenters. The van der Waals surface area contributed by atoms with Crippen molar-refractivity contribution in [3.05, 3.63) is 30.1 Å². The summed E-state index contributed by atoms with van der Waals surface area (Å²) >= 11 is 0. The van der Waals surface area contributed by atoms with Gasteiger partial charge in [-0.25, -0.2) is 0 Å². The first-order valence-electron chi connectivity index (χ1n) is 4.28. The van der Waals surface area contributed by atoms with Gasteiger partial charge in [-0.3, -0.25) is 9.78 Å². The maximum absolute atomic E-state index is 10.9. The van der Waals surface area contributed by atoms with Gasteiger partial charge in [-0.05, 0) is 24.1 Å². The molecule has 1 rings (SSSR count). The number of aromatic nitrogens is 1. The molecule has 0 atom stereocenters. The molecule has 1 aromatic heterocycles. The van der Waals surface area contributed by atoms with Crippen molar-refractivity contribution >= 4 is 5.91 Å². The summed E-state index contributed by atoms with van der Waals surface area (Å²) in [7, 11) is 1.62. The first-order chi connectivity index (χ1) is 6.74. The molecular formula is C10H11N3O. The number of pyridine rings is 1. The van der Waals surface area contributed by atoms with Gasteiger partial charge in [-0.1, -0.05) is 0 Å². The molecule has 1 aromatic rings. The Balaban J connectivity index is 2.43. The van der Waals surface area contributed by atoms with Crippen LogP contribution in [0.1, 0.15) is 5.56 Å². The molecule has 1 heterocycles. The van der Waals surface area contributed by atoms with Gasteiger partial charge in [0.25, 0.3) is 0 Å². The third-order valence-electron chi connectivity index (χ3n) is 1.93. The Hall–Kier alpha value is -1.89. The average Bonchev–Trinajstić information content (AvgIpc) is 2.26. The molecule has 14 heavy (non-hydrogen) atoms. The van der Waals surface area contributed by atoms with E-state index in [0.29, 0.717) is 6.54 Å². The third kappa shape index (κ3) is 2.87. The average molecular weight is 189 g/mol. The summed E-state index contributed by atoms with van der Waals surface area (Å²) < 4.78 is 0. The fourth-order valence-electron chi connectivity index (χ4n) is 1.03. The molecule has 72 valence electrons. The molecule has 0 aromatic carbocycles. The van der Waals surface area contributed by atoms with Crippen molar-refractivity contribution < 1.29 is 4.79 Å². The van der Waals surface area contributed by atoms with Crippen molar-refractivity contribution in [1.29, 1.82) is 5.26 Å². The summed E-state index contributed by atoms with van der Waals surface area (Å²) in [5.74, 6) is -0.501. The van der Waals surface area contributed by atoms with Gasteiger partial charge in [0.05, 0.1) is 0 Å². The van der Waals surface area contributed by atoms with E-state index in [4.69, 9.17) is 5.26 Å². The van der Waals surface area contributed by atoms with Gasteiger partial charge in [-0.15, -0.1) is 0 Å². The molecule has 0 spiro atoms. The monoisotopic (exact) mass is 189 g/mol. The summed E-state index contributed by atoms with van der Waals surface area (Å²) in [6.45, 7) is 0.552. The van der Waals surface area contributed by atoms with Crippen molar-refractivity contribution in [1.82, 2.24) is 9.88 Å². The van der Waals surface area contributed by atoms with Gasteiger partial charge in [0.1, 0.15) is 0 Å². The molecule has 0 saturated carbocycles. The molecule has 0 radical (unpaired) electrons. The highest BCUT2D eigenvalue weighted by Crippen LogP contribution is 1.98. The normalized spacial score (nSPS) is 9.14. The van der Waals surface area contributed by atoms with Gasteiger partial charge in [-0.2, -0.15) is 5.26 Å². The van der Waals surface area contributed by atoms with Crippen LogP contribution in [0.15, 0.2) is 24.5 Å². The summed E-state index contributed by atoms with van der Waals surface area (Å²) in [4.78, 5) is 16.2. The van der Waals surface area contributed by atoms with E-state index in [2.05, 4.69) is 4.98 Å². The topological polar surface area (TPSA) is 57.0 Å². The fourth-order valence-corrected chi connectivity index (χ4v) is 1.03. The number of nitriles is 1. The molecule has 4 heteroatoms. The Labute approximate surface area is 82.8 Å². The van der Waals surface area contributed by atoms with E-state index in [0.717, 1.165) is 12.0 Å². The Bertz CT molecular complexity index is 342. The Morgan fingerprint density at radius 3 is 2.79 bits per heavy atom. The van der Waals surface area contributed by atoms with Crippen LogP contribution < -0.4 is 0 Å². The van der Waals surface area contributed by atoms with E-state index in [1.54, 1.807) is 25.5 Å². The van der Waals surface area contributed by atoms with Crippen molar-refractivity contribution in [2.24, 2.45) is 0 Å². The molecule has 0 N–H and O–H groups in total. The van der Waals surface area contributed by atoms with Crippen molar-refractivity contribution in [3.8, 4) is 6.07 Å². The predicted octanol–water partition coefficient (Wildman–Crippen LogP) is 0.606. The van der Waals surface area contributed by atoms with Gasteiger partial charge in [0.2, 0.25) is 0 Å². The first kappa shape index (κ1) is 10.2. The molecule has 0 aliphatic rings. The molecule has 0 saturated heterocycles. The Kier molecular flexibility index (Phi) is 3.62. The quantitative estimate of drug-likeness (QED) is 0.654. The second-order valence-electron chi connectivity index (χ2n) is 2.94. The maximum atomic E-state index is 10.9. The minimum absolute atomic E-state index is 0.501. The zero-order valence-corrected chi connectivity index (χ0v) is 7.97. The van der Waals surface area contributed by atoms with Crippen molar-refractivity contribution in [3.63, 3.8) is 0 Å². The molecule has 0 fully saturated rings. The SMILES string of the molecule is CN(CCc1ccncc1)C(=O)C#N. The van der Waals surface area contributed by atoms with Gasteiger partial charge in [0, 0.05) is 26.0 Å². The number of carbonyl (C=O) groups is 1. The highest BCUT2D eigenvalue weighted by atomic mass is 16.2. The fraction of sp³-hybridized carbons (Fsp3) is 0.300. The van der Waals surface area contributed by atoms with E-state index >= 15 is 0 Å². The molecule has 0 aliphatic carbocycles. The highest BCUT2D eigenvalue weighted by molar-refractivity contribution is 5.90. The van der Waals surface area contributed by atoms with Crippen LogP contribution in [0.4, 0.5) is 0 Å². The minimum atomic E-state index is -0.501. The van der Waals surface area contributed by atoms with Crippen LogP contribution in [0.2, 0.25) is 0 Å². The summed E-state index contributed by atoms with van der Waals surface area (Å²) in [6, 6.07) is 5.36. The number of hydrogen-bond acceptors (Lipinski definition) is 3. The van der Waals surface area contributed by atoms with Crippen LogP contribution in [-0.4, -0.2) is 29.4 Å². The lowest BCUT2D eigenvalue weighted by molar-refractivity contribution is -0.124. The summed E-state index contributed by atoms with van der Waals surface area (Å²) in [5.41, 5.74) is 1.11. The molecule has 1 amide bonds. The molecular weight excluding hydrogens is 178 g/mol. The number of carbonyl (C=O) groups excluding carboxylic acids is 1. The third-order valence-corrected chi connectivity index (χ3v) is 1.93. The maximum Gasteiger partial charge on any atom is 0.324 e. The largest absolute Gasteiger partial charge is 0.333 e. The van der Waals surface area contributed by atoms with E-state index in [1.165, 1.54) is 4.90 Å². The second-order valence-corrected chi connectivity index (χ2v) is 2.94. The van der Waals surface area contributed by atoms with Crippen LogP contribution in [0.25, 0.3) is 0 Å². The summed E-state index contributed by atoms with van der Waals surface area (Å²) in [5, 5.41) is 8.35. The zero-order valence-electron chi connectivity index (χ0n) is 7.97.